The average molecular weight is 487 g/mol. The number of hydrogen-bond acceptors (Lipinski definition) is 6. The summed E-state index contributed by atoms with van der Waals surface area (Å²) in [5, 5.41) is 3.61. The summed E-state index contributed by atoms with van der Waals surface area (Å²) < 4.78 is 15.6. The lowest BCUT2D eigenvalue weighted by molar-refractivity contribution is 0.0364. The Hall–Kier alpha value is -3.36. The Morgan fingerprint density at radius 3 is 2.78 bits per heavy atom. The third-order valence-corrected chi connectivity index (χ3v) is 7.39. The van der Waals surface area contributed by atoms with E-state index in [-0.39, 0.29) is 0 Å². The van der Waals surface area contributed by atoms with E-state index in [1.54, 1.807) is 7.11 Å². The quantitative estimate of drug-likeness (QED) is 0.394. The number of hydrogen-bond donors (Lipinski definition) is 1. The number of fused-ring (bicyclic) bond motifs is 1. The van der Waals surface area contributed by atoms with E-state index in [2.05, 4.69) is 67.0 Å². The van der Waals surface area contributed by atoms with Crippen molar-refractivity contribution in [1.29, 1.82) is 0 Å². The summed E-state index contributed by atoms with van der Waals surface area (Å²) in [6.45, 7) is 5.65. The van der Waals surface area contributed by atoms with E-state index >= 15 is 0 Å². The maximum atomic E-state index is 5.77. The van der Waals surface area contributed by atoms with E-state index in [1.165, 1.54) is 25.7 Å². The zero-order valence-electron chi connectivity index (χ0n) is 20.9. The van der Waals surface area contributed by atoms with Gasteiger partial charge < -0.3 is 19.4 Å². The van der Waals surface area contributed by atoms with Gasteiger partial charge in [0.25, 0.3) is 0 Å². The highest BCUT2D eigenvalue weighted by Gasteiger charge is 2.17. The standard InChI is InChI=1S/C28H34N6O2/c1-35-26-17-28-29-18-25(24-7-4-8-27(31-24)30-22-5-2-3-6-22)34(28)20-23(26)21-9-10-33(19-21)12-11-32-13-15-36-16-14-32/h4,7-10,17-20,22H,2-3,5-6,11-16H2,1H3,(H,30,31). The first kappa shape index (κ1) is 23.1. The fourth-order valence-electron chi connectivity index (χ4n) is 5.34. The van der Waals surface area contributed by atoms with Crippen LogP contribution in [0, 0.1) is 0 Å². The summed E-state index contributed by atoms with van der Waals surface area (Å²) >= 11 is 0. The van der Waals surface area contributed by atoms with E-state index < -0.39 is 0 Å². The number of nitrogens with zero attached hydrogens (tertiary/aromatic N) is 5. The van der Waals surface area contributed by atoms with E-state index in [1.807, 2.05) is 12.3 Å². The van der Waals surface area contributed by atoms with Crippen molar-refractivity contribution >= 4 is 11.5 Å². The van der Waals surface area contributed by atoms with Gasteiger partial charge in [0.05, 0.1) is 37.9 Å². The largest absolute Gasteiger partial charge is 0.496 e. The summed E-state index contributed by atoms with van der Waals surface area (Å²) in [6.07, 6.45) is 13.4. The predicted octanol–water partition coefficient (Wildman–Crippen LogP) is 4.56. The number of anilines is 1. The molecular formula is C28H34N6O2. The van der Waals surface area contributed by atoms with Gasteiger partial charge in [-0.3, -0.25) is 9.30 Å². The Kier molecular flexibility index (Phi) is 6.61. The third kappa shape index (κ3) is 4.83. The Labute approximate surface area is 211 Å². The van der Waals surface area contributed by atoms with Crippen LogP contribution >= 0.6 is 0 Å². The summed E-state index contributed by atoms with van der Waals surface area (Å²) in [4.78, 5) is 12.0. The molecule has 2 aliphatic rings. The van der Waals surface area contributed by atoms with E-state index in [9.17, 15) is 0 Å². The molecule has 8 nitrogen and oxygen atoms in total. The molecule has 0 bridgehead atoms. The molecule has 36 heavy (non-hydrogen) atoms. The van der Waals surface area contributed by atoms with Crippen molar-refractivity contribution in [3.05, 3.63) is 55.1 Å². The molecule has 188 valence electrons. The first-order valence-electron chi connectivity index (χ1n) is 13.0. The molecule has 0 aromatic carbocycles. The van der Waals surface area contributed by atoms with Crippen LogP contribution in [-0.2, 0) is 11.3 Å². The van der Waals surface area contributed by atoms with Crippen LogP contribution in [0.1, 0.15) is 25.7 Å². The van der Waals surface area contributed by atoms with Gasteiger partial charge in [-0.2, -0.15) is 0 Å². The lowest BCUT2D eigenvalue weighted by Gasteiger charge is -2.26. The predicted molar refractivity (Wildman–Crippen MR) is 142 cm³/mol. The fraction of sp³-hybridized carbons (Fsp3) is 0.429. The van der Waals surface area contributed by atoms with Crippen LogP contribution in [0.2, 0.25) is 0 Å². The second-order valence-electron chi connectivity index (χ2n) is 9.75. The zero-order valence-corrected chi connectivity index (χ0v) is 20.9. The number of morpholine rings is 1. The number of imidazole rings is 1. The molecule has 6 rings (SSSR count). The summed E-state index contributed by atoms with van der Waals surface area (Å²) in [5.74, 6) is 1.75. The van der Waals surface area contributed by atoms with Gasteiger partial charge in [0.2, 0.25) is 0 Å². The van der Waals surface area contributed by atoms with Crippen molar-refractivity contribution in [3.8, 4) is 28.3 Å². The van der Waals surface area contributed by atoms with Crippen LogP contribution in [0.5, 0.6) is 5.75 Å². The van der Waals surface area contributed by atoms with Crippen molar-refractivity contribution in [2.75, 3.05) is 45.3 Å². The lowest BCUT2D eigenvalue weighted by atomic mass is 10.1. The molecular weight excluding hydrogens is 452 g/mol. The lowest BCUT2D eigenvalue weighted by Crippen LogP contribution is -2.38. The monoisotopic (exact) mass is 486 g/mol. The highest BCUT2D eigenvalue weighted by molar-refractivity contribution is 5.74. The fourth-order valence-corrected chi connectivity index (χ4v) is 5.34. The zero-order chi connectivity index (χ0) is 24.3. The van der Waals surface area contributed by atoms with Gasteiger partial charge in [-0.25, -0.2) is 9.97 Å². The molecule has 0 unspecified atom stereocenters. The summed E-state index contributed by atoms with van der Waals surface area (Å²) in [7, 11) is 1.72. The number of rotatable bonds is 8. The van der Waals surface area contributed by atoms with Gasteiger partial charge in [-0.15, -0.1) is 0 Å². The van der Waals surface area contributed by atoms with Gasteiger partial charge in [-0.05, 0) is 31.0 Å². The third-order valence-electron chi connectivity index (χ3n) is 7.39. The number of aromatic nitrogens is 4. The molecule has 0 spiro atoms. The van der Waals surface area contributed by atoms with Crippen molar-refractivity contribution in [1.82, 2.24) is 23.8 Å². The molecule has 2 fully saturated rings. The van der Waals surface area contributed by atoms with Crippen molar-refractivity contribution in [3.63, 3.8) is 0 Å². The van der Waals surface area contributed by atoms with Gasteiger partial charge in [0.1, 0.15) is 17.2 Å². The first-order valence-corrected chi connectivity index (χ1v) is 13.0. The Morgan fingerprint density at radius 1 is 1.08 bits per heavy atom. The van der Waals surface area contributed by atoms with Crippen LogP contribution in [0.3, 0.4) is 0 Å². The number of nitrogens with one attached hydrogen (secondary N) is 1. The normalized spacial score (nSPS) is 17.1. The molecule has 1 saturated heterocycles. The molecule has 1 aliphatic carbocycles. The molecule has 4 aromatic heterocycles. The van der Waals surface area contributed by atoms with Crippen LogP contribution < -0.4 is 10.1 Å². The molecule has 1 aliphatic heterocycles. The number of ether oxygens (including phenoxy) is 2. The molecule has 5 heterocycles. The average Bonchev–Trinajstić information content (AvgIpc) is 3.68. The minimum atomic E-state index is 0.526. The smallest absolute Gasteiger partial charge is 0.140 e. The molecule has 0 radical (unpaired) electrons. The van der Waals surface area contributed by atoms with Crippen LogP contribution in [0.25, 0.3) is 28.2 Å². The molecule has 8 heteroatoms. The maximum Gasteiger partial charge on any atom is 0.140 e. The molecule has 4 aromatic rings. The van der Waals surface area contributed by atoms with Crippen LogP contribution in [-0.4, -0.2) is 69.8 Å². The Morgan fingerprint density at radius 2 is 1.94 bits per heavy atom. The molecule has 1 saturated carbocycles. The maximum absolute atomic E-state index is 5.77. The Bertz CT molecular complexity index is 1320. The van der Waals surface area contributed by atoms with Crippen LogP contribution in [0.15, 0.2) is 55.1 Å². The summed E-state index contributed by atoms with van der Waals surface area (Å²) in [6, 6.07) is 10.9. The van der Waals surface area contributed by atoms with Gasteiger partial charge in [0, 0.05) is 68.0 Å². The van der Waals surface area contributed by atoms with Gasteiger partial charge in [-0.1, -0.05) is 18.9 Å². The van der Waals surface area contributed by atoms with Crippen molar-refractivity contribution in [2.45, 2.75) is 38.3 Å². The van der Waals surface area contributed by atoms with Crippen molar-refractivity contribution in [2.24, 2.45) is 0 Å². The van der Waals surface area contributed by atoms with E-state index in [0.717, 1.165) is 79.1 Å². The second-order valence-corrected chi connectivity index (χ2v) is 9.75. The highest BCUT2D eigenvalue weighted by Crippen LogP contribution is 2.33. The Balaban J connectivity index is 1.27. The van der Waals surface area contributed by atoms with Gasteiger partial charge >= 0.3 is 0 Å². The van der Waals surface area contributed by atoms with Gasteiger partial charge in [0.15, 0.2) is 0 Å². The summed E-state index contributed by atoms with van der Waals surface area (Å²) in [5.41, 5.74) is 4.88. The second kappa shape index (κ2) is 10.3. The van der Waals surface area contributed by atoms with E-state index in [0.29, 0.717) is 6.04 Å². The highest BCUT2D eigenvalue weighted by atomic mass is 16.5. The number of pyridine rings is 2. The SMILES string of the molecule is COc1cc2ncc(-c3cccc(NC4CCCC4)n3)n2cc1-c1ccn(CCN2CCOCC2)c1. The first-order chi connectivity index (χ1) is 17.8. The molecule has 0 atom stereocenters. The van der Waals surface area contributed by atoms with Crippen molar-refractivity contribution < 1.29 is 9.47 Å². The topological polar surface area (TPSA) is 68.9 Å². The molecule has 1 N–H and O–H groups in total. The number of methoxy groups -OCH3 is 1. The minimum Gasteiger partial charge on any atom is -0.496 e. The molecule has 0 amide bonds. The minimum absolute atomic E-state index is 0.526. The van der Waals surface area contributed by atoms with Crippen LogP contribution in [0.4, 0.5) is 5.82 Å². The van der Waals surface area contributed by atoms with E-state index in [4.69, 9.17) is 14.5 Å².